The van der Waals surface area contributed by atoms with Crippen molar-refractivity contribution in [2.24, 2.45) is 0 Å². The highest BCUT2D eigenvalue weighted by molar-refractivity contribution is 6.02. The molecule has 0 aliphatic carbocycles. The number of aromatic nitrogens is 2. The minimum absolute atomic E-state index is 0.155. The van der Waals surface area contributed by atoms with E-state index in [9.17, 15) is 19.2 Å². The van der Waals surface area contributed by atoms with Gasteiger partial charge in [0.1, 0.15) is 12.1 Å². The lowest BCUT2D eigenvalue weighted by Gasteiger charge is -2.15. The van der Waals surface area contributed by atoms with E-state index in [4.69, 9.17) is 20.9 Å². The molecule has 154 valence electrons. The Hall–Kier alpha value is -3.44. The third kappa shape index (κ3) is 5.79. The van der Waals surface area contributed by atoms with E-state index >= 15 is 0 Å². The predicted molar refractivity (Wildman–Crippen MR) is 98.0 cm³/mol. The first-order chi connectivity index (χ1) is 13.1. The second-order valence-corrected chi connectivity index (χ2v) is 5.59. The number of anilines is 2. The molecule has 0 saturated carbocycles. The van der Waals surface area contributed by atoms with E-state index in [1.807, 2.05) is 0 Å². The van der Waals surface area contributed by atoms with E-state index in [1.165, 1.54) is 13.8 Å². The minimum atomic E-state index is -0.955. The molecule has 2 amide bonds. The zero-order valence-corrected chi connectivity index (χ0v) is 16.1. The fourth-order valence-corrected chi connectivity index (χ4v) is 1.98. The molecule has 0 radical (unpaired) electrons. The molecule has 12 nitrogen and oxygen atoms in total. The second-order valence-electron chi connectivity index (χ2n) is 5.59. The molecule has 0 bridgehead atoms. The summed E-state index contributed by atoms with van der Waals surface area (Å²) >= 11 is 0. The maximum Gasteiger partial charge on any atom is 0.328 e. The summed E-state index contributed by atoms with van der Waals surface area (Å²) in [4.78, 5) is 55.2. The first kappa shape index (κ1) is 22.6. The molecule has 1 aromatic heterocycles. The molecule has 0 unspecified atom stereocenters. The third-order valence-corrected chi connectivity index (χ3v) is 3.36. The number of carbonyl (C=O) groups is 4. The van der Waals surface area contributed by atoms with Gasteiger partial charge < -0.3 is 31.6 Å². The molecule has 1 heterocycles. The Morgan fingerprint density at radius 3 is 1.43 bits per heavy atom. The Labute approximate surface area is 161 Å². The zero-order chi connectivity index (χ0) is 21.4. The fourth-order valence-electron chi connectivity index (χ4n) is 1.98. The SMILES string of the molecule is CCOC(=O)[C@@H](C)NC(=O)c1nc(N)c(C(=O)N[C@H](C)C(=O)OCC)nc1N. The van der Waals surface area contributed by atoms with Crippen molar-refractivity contribution in [3.05, 3.63) is 11.4 Å². The van der Waals surface area contributed by atoms with Gasteiger partial charge in [-0.25, -0.2) is 19.6 Å². The van der Waals surface area contributed by atoms with Crippen LogP contribution >= 0.6 is 0 Å². The number of rotatable bonds is 8. The van der Waals surface area contributed by atoms with Gasteiger partial charge in [0, 0.05) is 0 Å². The van der Waals surface area contributed by atoms with Gasteiger partial charge in [0.2, 0.25) is 0 Å². The van der Waals surface area contributed by atoms with E-state index in [1.54, 1.807) is 13.8 Å². The van der Waals surface area contributed by atoms with Crippen molar-refractivity contribution < 1.29 is 28.7 Å². The molecule has 0 saturated heterocycles. The first-order valence-corrected chi connectivity index (χ1v) is 8.50. The van der Waals surface area contributed by atoms with Crippen LogP contribution in [-0.2, 0) is 19.1 Å². The summed E-state index contributed by atoms with van der Waals surface area (Å²) in [6.07, 6.45) is 0. The molecule has 6 N–H and O–H groups in total. The summed E-state index contributed by atoms with van der Waals surface area (Å²) in [6, 6.07) is -1.91. The smallest absolute Gasteiger partial charge is 0.328 e. The van der Waals surface area contributed by atoms with Crippen molar-refractivity contribution in [1.29, 1.82) is 0 Å². The number of nitrogens with zero attached hydrogens (tertiary/aromatic N) is 2. The maximum absolute atomic E-state index is 12.2. The number of esters is 2. The number of nitrogen functional groups attached to an aromatic ring is 2. The van der Waals surface area contributed by atoms with Gasteiger partial charge in [-0.2, -0.15) is 0 Å². The van der Waals surface area contributed by atoms with Crippen LogP contribution in [-0.4, -0.2) is 59.0 Å². The van der Waals surface area contributed by atoms with Crippen molar-refractivity contribution in [2.75, 3.05) is 24.7 Å². The molecule has 12 heteroatoms. The molecule has 0 spiro atoms. The Kier molecular flexibility index (Phi) is 8.10. The lowest BCUT2D eigenvalue weighted by atomic mass is 10.2. The van der Waals surface area contributed by atoms with Gasteiger partial charge in [-0.3, -0.25) is 9.59 Å². The van der Waals surface area contributed by atoms with Gasteiger partial charge in [0.25, 0.3) is 11.8 Å². The van der Waals surface area contributed by atoms with Crippen LogP contribution in [0, 0.1) is 0 Å². The Balaban J connectivity index is 2.94. The molecule has 0 aliphatic rings. The fraction of sp³-hybridized carbons (Fsp3) is 0.500. The van der Waals surface area contributed by atoms with Crippen LogP contribution in [0.2, 0.25) is 0 Å². The van der Waals surface area contributed by atoms with Gasteiger partial charge in [0.05, 0.1) is 13.2 Å². The highest BCUT2D eigenvalue weighted by Gasteiger charge is 2.25. The number of ether oxygens (including phenoxy) is 2. The monoisotopic (exact) mass is 396 g/mol. The topological polar surface area (TPSA) is 189 Å². The highest BCUT2D eigenvalue weighted by Crippen LogP contribution is 2.13. The molecule has 1 rings (SSSR count). The van der Waals surface area contributed by atoms with Crippen molar-refractivity contribution in [1.82, 2.24) is 20.6 Å². The normalized spacial score (nSPS) is 12.4. The quantitative estimate of drug-likeness (QED) is 0.397. The average Bonchev–Trinajstić information content (AvgIpc) is 2.63. The molecule has 1 aromatic rings. The number of nitrogens with one attached hydrogen (secondary N) is 2. The molecular weight excluding hydrogens is 372 g/mol. The third-order valence-electron chi connectivity index (χ3n) is 3.36. The molecule has 0 aromatic carbocycles. The van der Waals surface area contributed by atoms with Crippen molar-refractivity contribution >= 4 is 35.4 Å². The summed E-state index contributed by atoms with van der Waals surface area (Å²) in [5, 5.41) is 4.69. The predicted octanol–water partition coefficient (Wildman–Crippen LogP) is -0.996. The van der Waals surface area contributed by atoms with Gasteiger partial charge >= 0.3 is 11.9 Å². The molecule has 0 aliphatic heterocycles. The van der Waals surface area contributed by atoms with Gasteiger partial charge in [-0.15, -0.1) is 0 Å². The van der Waals surface area contributed by atoms with E-state index in [-0.39, 0.29) is 36.2 Å². The number of hydrogen-bond donors (Lipinski definition) is 4. The maximum atomic E-state index is 12.2. The molecular formula is C16H24N6O6. The van der Waals surface area contributed by atoms with E-state index in [0.717, 1.165) is 0 Å². The first-order valence-electron chi connectivity index (χ1n) is 8.50. The second kappa shape index (κ2) is 10.0. The van der Waals surface area contributed by atoms with Crippen LogP contribution in [0.5, 0.6) is 0 Å². The summed E-state index contributed by atoms with van der Waals surface area (Å²) < 4.78 is 9.56. The van der Waals surface area contributed by atoms with Crippen LogP contribution in [0.3, 0.4) is 0 Å². The average molecular weight is 396 g/mol. The van der Waals surface area contributed by atoms with Gasteiger partial charge in [-0.1, -0.05) is 0 Å². The number of amides is 2. The van der Waals surface area contributed by atoms with E-state index in [2.05, 4.69) is 20.6 Å². The van der Waals surface area contributed by atoms with E-state index in [0.29, 0.717) is 0 Å². The largest absolute Gasteiger partial charge is 0.464 e. The van der Waals surface area contributed by atoms with Crippen molar-refractivity contribution in [2.45, 2.75) is 39.8 Å². The van der Waals surface area contributed by atoms with Gasteiger partial charge in [0.15, 0.2) is 23.0 Å². The van der Waals surface area contributed by atoms with Crippen molar-refractivity contribution in [3.63, 3.8) is 0 Å². The van der Waals surface area contributed by atoms with Crippen LogP contribution in [0.1, 0.15) is 48.7 Å². The standard InChI is InChI=1S/C16H24N6O6/c1-5-27-15(25)7(3)19-13(23)9-11(17)22-10(12(18)21-9)14(24)20-8(4)16(26)28-6-2/h7-8H,5-6H2,1-4H3,(H2,18,21)(H2,17,22)(H,19,23)(H,20,24)/t7-,8-/m1/s1. The summed E-state index contributed by atoms with van der Waals surface area (Å²) in [6.45, 7) is 6.40. The van der Waals surface area contributed by atoms with Crippen LogP contribution in [0.25, 0.3) is 0 Å². The summed E-state index contributed by atoms with van der Waals surface area (Å²) in [7, 11) is 0. The van der Waals surface area contributed by atoms with E-state index < -0.39 is 35.8 Å². The number of carbonyl (C=O) groups excluding carboxylic acids is 4. The van der Waals surface area contributed by atoms with Crippen LogP contribution < -0.4 is 22.1 Å². The molecule has 2 atom stereocenters. The Bertz CT molecular complexity index is 704. The van der Waals surface area contributed by atoms with Crippen LogP contribution in [0.4, 0.5) is 11.6 Å². The minimum Gasteiger partial charge on any atom is -0.464 e. The number of nitrogens with two attached hydrogens (primary N) is 2. The van der Waals surface area contributed by atoms with Gasteiger partial charge in [-0.05, 0) is 27.7 Å². The summed E-state index contributed by atoms with van der Waals surface area (Å²) in [5.41, 5.74) is 10.7. The lowest BCUT2D eigenvalue weighted by Crippen LogP contribution is -2.41. The zero-order valence-electron chi connectivity index (χ0n) is 16.1. The Morgan fingerprint density at radius 2 is 1.14 bits per heavy atom. The Morgan fingerprint density at radius 1 is 0.821 bits per heavy atom. The lowest BCUT2D eigenvalue weighted by molar-refractivity contribution is -0.145. The molecule has 28 heavy (non-hydrogen) atoms. The van der Waals surface area contributed by atoms with Crippen LogP contribution in [0.15, 0.2) is 0 Å². The molecule has 0 fully saturated rings. The summed E-state index contributed by atoms with van der Waals surface area (Å²) in [5.74, 6) is -3.67. The highest BCUT2D eigenvalue weighted by atomic mass is 16.5. The van der Waals surface area contributed by atoms with Crippen molar-refractivity contribution in [3.8, 4) is 0 Å². The number of hydrogen-bond acceptors (Lipinski definition) is 10.